The van der Waals surface area contributed by atoms with Gasteiger partial charge in [0.1, 0.15) is 6.10 Å². The number of hydrogen-bond acceptors (Lipinski definition) is 5. The third-order valence-electron chi connectivity index (χ3n) is 12.7. The lowest BCUT2D eigenvalue weighted by molar-refractivity contribution is -0.151. The van der Waals surface area contributed by atoms with Gasteiger partial charge >= 0.3 is 5.97 Å². The second-order valence-electron chi connectivity index (χ2n) is 19.4. The van der Waals surface area contributed by atoms with E-state index in [1.807, 2.05) is 0 Å². The molecule has 0 heterocycles. The van der Waals surface area contributed by atoms with E-state index < -0.39 is 18.2 Å². The van der Waals surface area contributed by atoms with Crippen LogP contribution in [0.2, 0.25) is 0 Å². The molecule has 0 radical (unpaired) electrons. The SMILES string of the molecule is CC/C=C\C/C=C\C/C=C\C/C=C\C/C=C\CCCC(CC(=O)NC(CO)C(O)CCCCCCCCCCCCCCCCCC)OC(=O)CCCCCCC/C=C/C=C/C=C/C=C/CCCCC. The van der Waals surface area contributed by atoms with E-state index in [0.29, 0.717) is 19.3 Å². The first-order valence-electron chi connectivity index (χ1n) is 29.2. The van der Waals surface area contributed by atoms with Crippen LogP contribution in [0.4, 0.5) is 0 Å². The Hall–Kier alpha value is -3.48. The molecule has 0 spiro atoms. The van der Waals surface area contributed by atoms with Crippen LogP contribution in [-0.4, -0.2) is 46.9 Å². The fourth-order valence-corrected chi connectivity index (χ4v) is 8.30. The second kappa shape index (κ2) is 56.4. The fourth-order valence-electron chi connectivity index (χ4n) is 8.30. The van der Waals surface area contributed by atoms with Gasteiger partial charge in [0.15, 0.2) is 0 Å². The predicted molar refractivity (Wildman–Crippen MR) is 305 cm³/mol. The van der Waals surface area contributed by atoms with Crippen molar-refractivity contribution in [1.29, 1.82) is 0 Å². The fraction of sp³-hybridized carbons (Fsp3) is 0.688. The smallest absolute Gasteiger partial charge is 0.306 e. The van der Waals surface area contributed by atoms with E-state index in [2.05, 4.69) is 135 Å². The molecule has 1 amide bonds. The maximum Gasteiger partial charge on any atom is 0.306 e. The number of rotatable bonds is 51. The first-order chi connectivity index (χ1) is 34.5. The quantitative estimate of drug-likeness (QED) is 0.0244. The van der Waals surface area contributed by atoms with Gasteiger partial charge in [0.2, 0.25) is 5.91 Å². The highest BCUT2D eigenvalue weighted by atomic mass is 16.5. The Labute approximate surface area is 432 Å². The predicted octanol–water partition coefficient (Wildman–Crippen LogP) is 18.2. The average Bonchev–Trinajstić information content (AvgIpc) is 3.35. The van der Waals surface area contributed by atoms with Crippen molar-refractivity contribution in [3.63, 3.8) is 0 Å². The molecule has 0 saturated heterocycles. The molecule has 0 aromatic carbocycles. The molecule has 70 heavy (non-hydrogen) atoms. The summed E-state index contributed by atoms with van der Waals surface area (Å²) in [6, 6.07) is -0.733. The van der Waals surface area contributed by atoms with Gasteiger partial charge in [-0.1, -0.05) is 265 Å². The molecule has 0 saturated carbocycles. The Morgan fingerprint density at radius 2 is 0.843 bits per heavy atom. The van der Waals surface area contributed by atoms with E-state index in [1.54, 1.807) is 0 Å². The molecule has 400 valence electrons. The van der Waals surface area contributed by atoms with Gasteiger partial charge in [-0.2, -0.15) is 0 Å². The summed E-state index contributed by atoms with van der Waals surface area (Å²) in [7, 11) is 0. The van der Waals surface area contributed by atoms with Crippen LogP contribution in [0.3, 0.4) is 0 Å². The number of aliphatic hydroxyl groups is 2. The van der Waals surface area contributed by atoms with Crippen molar-refractivity contribution in [2.45, 2.75) is 277 Å². The monoisotopic (exact) mass is 972 g/mol. The molecule has 0 aliphatic rings. The van der Waals surface area contributed by atoms with Crippen LogP contribution < -0.4 is 5.32 Å². The highest BCUT2D eigenvalue weighted by Gasteiger charge is 2.24. The molecular formula is C64H109NO5. The molecule has 3 unspecified atom stereocenters. The molecule has 0 fully saturated rings. The number of hydrogen-bond donors (Lipinski definition) is 3. The molecule has 3 atom stereocenters. The summed E-state index contributed by atoms with van der Waals surface area (Å²) in [4.78, 5) is 26.3. The Kier molecular flexibility index (Phi) is 53.6. The zero-order valence-electron chi connectivity index (χ0n) is 45.6. The molecule has 0 aromatic rings. The summed E-state index contributed by atoms with van der Waals surface area (Å²) in [5.41, 5.74) is 0. The Morgan fingerprint density at radius 1 is 0.443 bits per heavy atom. The molecule has 0 aliphatic carbocycles. The largest absolute Gasteiger partial charge is 0.462 e. The van der Waals surface area contributed by atoms with Crippen molar-refractivity contribution in [3.8, 4) is 0 Å². The zero-order chi connectivity index (χ0) is 50.9. The van der Waals surface area contributed by atoms with Crippen molar-refractivity contribution in [3.05, 3.63) is 109 Å². The lowest BCUT2D eigenvalue weighted by Gasteiger charge is -2.24. The molecule has 0 aliphatic heterocycles. The lowest BCUT2D eigenvalue weighted by Crippen LogP contribution is -2.46. The van der Waals surface area contributed by atoms with Crippen molar-refractivity contribution < 1.29 is 24.5 Å². The van der Waals surface area contributed by atoms with Crippen LogP contribution in [0.1, 0.15) is 258 Å². The first-order valence-corrected chi connectivity index (χ1v) is 29.2. The Balaban J connectivity index is 4.73. The number of unbranched alkanes of at least 4 members (excludes halogenated alkanes) is 24. The number of carbonyl (C=O) groups is 2. The summed E-state index contributed by atoms with van der Waals surface area (Å²) >= 11 is 0. The van der Waals surface area contributed by atoms with Crippen molar-refractivity contribution in [2.75, 3.05) is 6.61 Å². The van der Waals surface area contributed by atoms with E-state index in [0.717, 1.165) is 109 Å². The summed E-state index contributed by atoms with van der Waals surface area (Å²) < 4.78 is 5.92. The minimum absolute atomic E-state index is 0.0227. The topological polar surface area (TPSA) is 95.9 Å². The van der Waals surface area contributed by atoms with Gasteiger partial charge in [0.05, 0.1) is 25.2 Å². The van der Waals surface area contributed by atoms with Crippen LogP contribution in [0, 0.1) is 0 Å². The molecule has 3 N–H and O–H groups in total. The Morgan fingerprint density at radius 3 is 1.34 bits per heavy atom. The second-order valence-corrected chi connectivity index (χ2v) is 19.4. The zero-order valence-corrected chi connectivity index (χ0v) is 45.6. The highest BCUT2D eigenvalue weighted by molar-refractivity contribution is 5.77. The maximum absolute atomic E-state index is 13.3. The standard InChI is InChI=1S/C64H109NO5/c1-4-7-10-13-16-19-22-25-28-31-33-36-39-42-45-48-51-54-57-64(69)70-60(55-52-49-46-43-40-37-34-32-29-26-23-20-17-14-11-8-5-2)58-63(68)65-61(59-66)62(67)56-53-50-47-44-41-38-35-30-27-24-21-18-15-12-9-6-3/h8,11,16-17,19-20,22,25-26,28-29,31,33-34,36-37,43,46,60-62,66-67H,4-7,9-10,12-15,18,21,23-24,27,30,32,35,38-42,44-45,47-59H2,1-3H3,(H,65,68)/b11-8-,19-16+,20-17-,25-22+,29-26-,31-28+,36-33+,37-34-,46-43-. The summed E-state index contributed by atoms with van der Waals surface area (Å²) in [6.07, 6.45) is 77.2. The van der Waals surface area contributed by atoms with Crippen LogP contribution in [0.25, 0.3) is 0 Å². The molecule has 0 aromatic heterocycles. The third kappa shape index (κ3) is 50.9. The normalized spacial score (nSPS) is 14.0. The number of carbonyl (C=O) groups excluding carboxylic acids is 2. The highest BCUT2D eigenvalue weighted by Crippen LogP contribution is 2.17. The van der Waals surface area contributed by atoms with Gasteiger partial charge in [-0.15, -0.1) is 0 Å². The van der Waals surface area contributed by atoms with Gasteiger partial charge in [0.25, 0.3) is 0 Å². The van der Waals surface area contributed by atoms with E-state index in [9.17, 15) is 19.8 Å². The number of esters is 1. The third-order valence-corrected chi connectivity index (χ3v) is 12.7. The van der Waals surface area contributed by atoms with Crippen molar-refractivity contribution in [2.24, 2.45) is 0 Å². The molecule has 6 heteroatoms. The van der Waals surface area contributed by atoms with Gasteiger partial charge in [-0.25, -0.2) is 0 Å². The molecular weight excluding hydrogens is 863 g/mol. The summed E-state index contributed by atoms with van der Waals surface area (Å²) in [5, 5.41) is 23.9. The van der Waals surface area contributed by atoms with Gasteiger partial charge in [-0.05, 0) is 89.9 Å². The number of aliphatic hydroxyl groups excluding tert-OH is 2. The number of nitrogens with one attached hydrogen (secondary N) is 1. The minimum atomic E-state index is -0.815. The molecule has 0 rings (SSSR count). The maximum atomic E-state index is 13.3. The lowest BCUT2D eigenvalue weighted by atomic mass is 10.0. The summed E-state index contributed by atoms with van der Waals surface area (Å²) in [5.74, 6) is -0.560. The Bertz CT molecular complexity index is 1420. The summed E-state index contributed by atoms with van der Waals surface area (Å²) in [6.45, 7) is 6.32. The number of allylic oxidation sites excluding steroid dienone is 18. The van der Waals surface area contributed by atoms with Gasteiger partial charge in [0, 0.05) is 6.42 Å². The number of amides is 1. The van der Waals surface area contributed by atoms with E-state index >= 15 is 0 Å². The van der Waals surface area contributed by atoms with Gasteiger partial charge in [-0.3, -0.25) is 9.59 Å². The average molecular weight is 973 g/mol. The van der Waals surface area contributed by atoms with Crippen molar-refractivity contribution in [1.82, 2.24) is 5.32 Å². The molecule has 0 bridgehead atoms. The van der Waals surface area contributed by atoms with E-state index in [-0.39, 0.29) is 24.9 Å². The molecule has 6 nitrogen and oxygen atoms in total. The van der Waals surface area contributed by atoms with E-state index in [4.69, 9.17) is 4.74 Å². The van der Waals surface area contributed by atoms with Crippen LogP contribution in [0.5, 0.6) is 0 Å². The number of ether oxygens (including phenoxy) is 1. The van der Waals surface area contributed by atoms with Crippen LogP contribution in [-0.2, 0) is 14.3 Å². The first kappa shape index (κ1) is 66.5. The van der Waals surface area contributed by atoms with Crippen LogP contribution in [0.15, 0.2) is 109 Å². The van der Waals surface area contributed by atoms with Gasteiger partial charge < -0.3 is 20.3 Å². The van der Waals surface area contributed by atoms with E-state index in [1.165, 1.54) is 103 Å². The van der Waals surface area contributed by atoms with Crippen LogP contribution >= 0.6 is 0 Å². The minimum Gasteiger partial charge on any atom is -0.462 e. The van der Waals surface area contributed by atoms with Crippen molar-refractivity contribution >= 4 is 11.9 Å².